The van der Waals surface area contributed by atoms with E-state index in [1.165, 1.54) is 0 Å². The van der Waals surface area contributed by atoms with Crippen molar-refractivity contribution in [3.05, 3.63) is 53.5 Å². The van der Waals surface area contributed by atoms with Crippen LogP contribution in [0.1, 0.15) is 30.4 Å². The summed E-state index contributed by atoms with van der Waals surface area (Å²) in [5, 5.41) is 7.00. The Kier molecular flexibility index (Phi) is 4.79. The maximum absolute atomic E-state index is 12.5. The van der Waals surface area contributed by atoms with Crippen molar-refractivity contribution in [3.63, 3.8) is 0 Å². The Morgan fingerprint density at radius 2 is 2.04 bits per heavy atom. The molecule has 1 amide bonds. The van der Waals surface area contributed by atoms with Gasteiger partial charge in [-0.15, -0.1) is 0 Å². The Morgan fingerprint density at radius 1 is 1.28 bits per heavy atom. The average molecular weight is 342 g/mol. The molecule has 0 spiro atoms. The van der Waals surface area contributed by atoms with Gasteiger partial charge in [-0.3, -0.25) is 4.79 Å². The standard InChI is InChI=1S/C19H22N2O4/c1-13-4-7-16(24-13)10-11-20-18(22)19(2)12-17(21-25-19)14-5-8-15(23-3)9-6-14/h4-9H,10-12H2,1-3H3,(H,20,22)/t19-/m1/s1. The van der Waals surface area contributed by atoms with Crippen LogP contribution in [0.15, 0.2) is 46.0 Å². The molecule has 2 heterocycles. The highest BCUT2D eigenvalue weighted by Crippen LogP contribution is 2.27. The van der Waals surface area contributed by atoms with Gasteiger partial charge in [-0.25, -0.2) is 0 Å². The SMILES string of the molecule is COc1ccc(C2=NO[C@@](C)(C(=O)NCCc3ccc(C)o3)C2)cc1. The van der Waals surface area contributed by atoms with Crippen molar-refractivity contribution in [3.8, 4) is 5.75 Å². The highest BCUT2D eigenvalue weighted by atomic mass is 16.7. The third-order valence-corrected chi connectivity index (χ3v) is 4.22. The molecule has 0 saturated heterocycles. The Morgan fingerprint density at radius 3 is 2.68 bits per heavy atom. The third-order valence-electron chi connectivity index (χ3n) is 4.22. The lowest BCUT2D eigenvalue weighted by atomic mass is 9.95. The van der Waals surface area contributed by atoms with Crippen LogP contribution in [0.25, 0.3) is 0 Å². The van der Waals surface area contributed by atoms with Gasteiger partial charge < -0.3 is 19.3 Å². The molecule has 6 heteroatoms. The molecule has 2 aromatic rings. The number of hydrogen-bond acceptors (Lipinski definition) is 5. The number of rotatable bonds is 6. The van der Waals surface area contributed by atoms with Crippen molar-refractivity contribution in [2.24, 2.45) is 5.16 Å². The molecule has 1 aromatic carbocycles. The average Bonchev–Trinajstić information content (AvgIpc) is 3.22. The summed E-state index contributed by atoms with van der Waals surface area (Å²) in [6, 6.07) is 11.4. The predicted octanol–water partition coefficient (Wildman–Crippen LogP) is 2.84. The summed E-state index contributed by atoms with van der Waals surface area (Å²) in [6.45, 7) is 4.13. The van der Waals surface area contributed by atoms with Crippen LogP contribution >= 0.6 is 0 Å². The molecule has 0 saturated carbocycles. The number of amides is 1. The van der Waals surface area contributed by atoms with Crippen molar-refractivity contribution in [1.82, 2.24) is 5.32 Å². The van der Waals surface area contributed by atoms with Crippen LogP contribution < -0.4 is 10.1 Å². The topological polar surface area (TPSA) is 73.1 Å². The van der Waals surface area contributed by atoms with Gasteiger partial charge in [0.15, 0.2) is 0 Å². The Hall–Kier alpha value is -2.76. The molecule has 0 radical (unpaired) electrons. The summed E-state index contributed by atoms with van der Waals surface area (Å²) in [5.41, 5.74) is 0.680. The summed E-state index contributed by atoms with van der Waals surface area (Å²) in [5.74, 6) is 2.32. The Labute approximate surface area is 146 Å². The second-order valence-electron chi connectivity index (χ2n) is 6.28. The monoisotopic (exact) mass is 342 g/mol. The van der Waals surface area contributed by atoms with E-state index in [9.17, 15) is 4.79 Å². The van der Waals surface area contributed by atoms with Crippen molar-refractivity contribution in [1.29, 1.82) is 0 Å². The molecular formula is C19H22N2O4. The van der Waals surface area contributed by atoms with E-state index in [0.717, 1.165) is 28.5 Å². The van der Waals surface area contributed by atoms with Gasteiger partial charge in [0.2, 0.25) is 5.60 Å². The van der Waals surface area contributed by atoms with Gasteiger partial charge >= 0.3 is 0 Å². The van der Waals surface area contributed by atoms with Crippen molar-refractivity contribution >= 4 is 11.6 Å². The number of carbonyl (C=O) groups excluding carboxylic acids is 1. The van der Waals surface area contributed by atoms with E-state index < -0.39 is 5.60 Å². The van der Waals surface area contributed by atoms with E-state index in [4.69, 9.17) is 14.0 Å². The van der Waals surface area contributed by atoms with Gasteiger partial charge in [0, 0.05) is 19.4 Å². The maximum Gasteiger partial charge on any atom is 0.267 e. The fraction of sp³-hybridized carbons (Fsp3) is 0.368. The van der Waals surface area contributed by atoms with Crippen molar-refractivity contribution < 1.29 is 18.8 Å². The molecule has 0 bridgehead atoms. The molecule has 0 fully saturated rings. The molecular weight excluding hydrogens is 320 g/mol. The number of benzene rings is 1. The molecule has 1 aliphatic rings. The van der Waals surface area contributed by atoms with E-state index in [2.05, 4.69) is 10.5 Å². The highest BCUT2D eigenvalue weighted by molar-refractivity contribution is 6.05. The summed E-state index contributed by atoms with van der Waals surface area (Å²) >= 11 is 0. The molecule has 3 rings (SSSR count). The molecule has 1 aromatic heterocycles. The first-order valence-corrected chi connectivity index (χ1v) is 8.23. The molecule has 6 nitrogen and oxygen atoms in total. The molecule has 1 aliphatic heterocycles. The molecule has 0 unspecified atom stereocenters. The van der Waals surface area contributed by atoms with E-state index >= 15 is 0 Å². The van der Waals surface area contributed by atoms with E-state index in [0.29, 0.717) is 19.4 Å². The zero-order valence-corrected chi connectivity index (χ0v) is 14.7. The number of hydrogen-bond donors (Lipinski definition) is 1. The number of ether oxygens (including phenoxy) is 1. The number of oxime groups is 1. The molecule has 25 heavy (non-hydrogen) atoms. The van der Waals surface area contributed by atoms with Gasteiger partial charge in [-0.1, -0.05) is 5.16 Å². The van der Waals surface area contributed by atoms with Crippen LogP contribution in [0.3, 0.4) is 0 Å². The number of carbonyl (C=O) groups is 1. The summed E-state index contributed by atoms with van der Waals surface area (Å²) in [7, 11) is 1.62. The lowest BCUT2D eigenvalue weighted by Gasteiger charge is -2.20. The second kappa shape index (κ2) is 7.01. The first kappa shape index (κ1) is 17.1. The normalized spacial score (nSPS) is 19.2. The van der Waals surface area contributed by atoms with Crippen LogP contribution in [0, 0.1) is 6.92 Å². The first-order chi connectivity index (χ1) is 12.0. The van der Waals surface area contributed by atoms with Crippen LogP contribution in [0.5, 0.6) is 5.75 Å². The van der Waals surface area contributed by atoms with Gasteiger partial charge in [-0.05, 0) is 55.8 Å². The minimum atomic E-state index is -0.992. The van der Waals surface area contributed by atoms with Crippen LogP contribution in [0.2, 0.25) is 0 Å². The van der Waals surface area contributed by atoms with Crippen molar-refractivity contribution in [2.45, 2.75) is 32.3 Å². The quantitative estimate of drug-likeness (QED) is 0.876. The van der Waals surface area contributed by atoms with E-state index in [1.54, 1.807) is 14.0 Å². The van der Waals surface area contributed by atoms with Gasteiger partial charge in [0.25, 0.3) is 5.91 Å². The van der Waals surface area contributed by atoms with Gasteiger partial charge in [0.05, 0.1) is 12.8 Å². The fourth-order valence-corrected chi connectivity index (χ4v) is 2.71. The number of aryl methyl sites for hydroxylation is 1. The Balaban J connectivity index is 1.54. The maximum atomic E-state index is 12.5. The van der Waals surface area contributed by atoms with Crippen LogP contribution in [-0.4, -0.2) is 30.9 Å². The lowest BCUT2D eigenvalue weighted by molar-refractivity contribution is -0.141. The number of furan rings is 1. The Bertz CT molecular complexity index is 779. The minimum Gasteiger partial charge on any atom is -0.497 e. The number of methoxy groups -OCH3 is 1. The molecule has 132 valence electrons. The highest BCUT2D eigenvalue weighted by Gasteiger charge is 2.42. The summed E-state index contributed by atoms with van der Waals surface area (Å²) in [4.78, 5) is 17.9. The predicted molar refractivity (Wildman–Crippen MR) is 93.8 cm³/mol. The molecule has 1 N–H and O–H groups in total. The van der Waals surface area contributed by atoms with E-state index in [1.807, 2.05) is 43.3 Å². The number of nitrogens with one attached hydrogen (secondary N) is 1. The largest absolute Gasteiger partial charge is 0.497 e. The zero-order chi connectivity index (χ0) is 17.9. The lowest BCUT2D eigenvalue weighted by Crippen LogP contribution is -2.45. The molecule has 0 aliphatic carbocycles. The third kappa shape index (κ3) is 3.84. The smallest absolute Gasteiger partial charge is 0.267 e. The van der Waals surface area contributed by atoms with Gasteiger partial charge in [0.1, 0.15) is 17.3 Å². The first-order valence-electron chi connectivity index (χ1n) is 8.23. The van der Waals surface area contributed by atoms with Crippen LogP contribution in [0.4, 0.5) is 0 Å². The minimum absolute atomic E-state index is 0.178. The van der Waals surface area contributed by atoms with E-state index in [-0.39, 0.29) is 5.91 Å². The van der Waals surface area contributed by atoms with Crippen molar-refractivity contribution in [2.75, 3.05) is 13.7 Å². The van der Waals surface area contributed by atoms with Crippen LogP contribution in [-0.2, 0) is 16.1 Å². The zero-order valence-electron chi connectivity index (χ0n) is 14.7. The fourth-order valence-electron chi connectivity index (χ4n) is 2.71. The molecule has 1 atom stereocenters. The summed E-state index contributed by atoms with van der Waals surface area (Å²) < 4.78 is 10.6. The second-order valence-corrected chi connectivity index (χ2v) is 6.28. The number of nitrogens with zero attached hydrogens (tertiary/aromatic N) is 1. The summed E-state index contributed by atoms with van der Waals surface area (Å²) in [6.07, 6.45) is 1.06. The van der Waals surface area contributed by atoms with Gasteiger partial charge in [-0.2, -0.15) is 0 Å².